The molecule has 0 radical (unpaired) electrons. The maximum absolute atomic E-state index is 13.1. The van der Waals surface area contributed by atoms with Gasteiger partial charge in [-0.1, -0.05) is 11.6 Å². The summed E-state index contributed by atoms with van der Waals surface area (Å²) in [6, 6.07) is 8.79. The Labute approximate surface area is 165 Å². The number of carbonyl (C=O) groups excluding carboxylic acids is 1. The van der Waals surface area contributed by atoms with Gasteiger partial charge in [-0.15, -0.1) is 0 Å². The number of fused-ring (bicyclic) bond motifs is 1. The van der Waals surface area contributed by atoms with Crippen molar-refractivity contribution in [2.75, 3.05) is 25.7 Å². The topological polar surface area (TPSA) is 64.8 Å². The third-order valence-electron chi connectivity index (χ3n) is 5.04. The molecule has 0 fully saturated rings. The van der Waals surface area contributed by atoms with Crippen LogP contribution in [0.2, 0.25) is 5.02 Å². The molecular weight excluding hydrogens is 364 g/mol. The first kappa shape index (κ1) is 19.5. The van der Waals surface area contributed by atoms with E-state index in [1.165, 1.54) is 0 Å². The number of hydrogen-bond acceptors (Lipinski definition) is 4. The van der Waals surface area contributed by atoms with Crippen LogP contribution < -0.4 is 20.1 Å². The number of hydrogen-bond donors (Lipinski definition) is 1. The highest BCUT2D eigenvalue weighted by Gasteiger charge is 2.28. The van der Waals surface area contributed by atoms with Gasteiger partial charge in [0.05, 0.1) is 20.3 Å². The van der Waals surface area contributed by atoms with Crippen molar-refractivity contribution in [3.05, 3.63) is 52.0 Å². The van der Waals surface area contributed by atoms with Crippen LogP contribution in [0.25, 0.3) is 0 Å². The number of benzene rings is 2. The highest BCUT2D eigenvalue weighted by molar-refractivity contribution is 6.31. The van der Waals surface area contributed by atoms with Crippen molar-refractivity contribution in [3.8, 4) is 11.5 Å². The molecule has 1 aliphatic rings. The Morgan fingerprint density at radius 2 is 1.96 bits per heavy atom. The van der Waals surface area contributed by atoms with Gasteiger partial charge in [0, 0.05) is 17.3 Å². The van der Waals surface area contributed by atoms with Gasteiger partial charge >= 0.3 is 0 Å². The van der Waals surface area contributed by atoms with E-state index in [9.17, 15) is 4.79 Å². The van der Waals surface area contributed by atoms with Gasteiger partial charge in [0.2, 0.25) is 5.91 Å². The van der Waals surface area contributed by atoms with Gasteiger partial charge in [0.15, 0.2) is 0 Å². The number of nitrogens with two attached hydrogens (primary N) is 1. The molecule has 1 aliphatic heterocycles. The molecule has 2 aromatic carbocycles. The maximum Gasteiger partial charge on any atom is 0.244 e. The minimum atomic E-state index is -0.664. The fraction of sp³-hybridized carbons (Fsp3) is 0.381. The first-order valence-electron chi connectivity index (χ1n) is 9.01. The molecule has 27 heavy (non-hydrogen) atoms. The third-order valence-corrected chi connectivity index (χ3v) is 5.38. The van der Waals surface area contributed by atoms with E-state index in [1.54, 1.807) is 25.2 Å². The summed E-state index contributed by atoms with van der Waals surface area (Å²) in [7, 11) is 3.24. The molecule has 0 aromatic heterocycles. The summed E-state index contributed by atoms with van der Waals surface area (Å²) < 4.78 is 10.5. The van der Waals surface area contributed by atoms with E-state index >= 15 is 0 Å². The van der Waals surface area contributed by atoms with Gasteiger partial charge in [-0.3, -0.25) is 4.79 Å². The number of carbonyl (C=O) groups is 1. The van der Waals surface area contributed by atoms with Gasteiger partial charge in [0.1, 0.15) is 11.5 Å². The Balaban J connectivity index is 1.81. The number of anilines is 1. The first-order chi connectivity index (χ1) is 12.9. The van der Waals surface area contributed by atoms with E-state index in [-0.39, 0.29) is 5.91 Å². The van der Waals surface area contributed by atoms with E-state index in [1.807, 2.05) is 31.2 Å². The molecule has 0 unspecified atom stereocenters. The van der Waals surface area contributed by atoms with Crippen molar-refractivity contribution in [1.82, 2.24) is 0 Å². The predicted molar refractivity (Wildman–Crippen MR) is 108 cm³/mol. The van der Waals surface area contributed by atoms with Crippen molar-refractivity contribution in [2.45, 2.75) is 32.2 Å². The van der Waals surface area contributed by atoms with Crippen LogP contribution in [0.15, 0.2) is 30.3 Å². The van der Waals surface area contributed by atoms with Crippen LogP contribution in [0.1, 0.15) is 23.1 Å². The lowest BCUT2D eigenvalue weighted by Gasteiger charge is -2.32. The summed E-state index contributed by atoms with van der Waals surface area (Å²) in [5.74, 6) is 1.40. The number of nitrogens with zero attached hydrogens (tertiary/aromatic N) is 1. The summed E-state index contributed by atoms with van der Waals surface area (Å²) in [5.41, 5.74) is 10.2. The van der Waals surface area contributed by atoms with Crippen molar-refractivity contribution < 1.29 is 14.3 Å². The number of ether oxygens (including phenoxy) is 2. The first-order valence-corrected chi connectivity index (χ1v) is 9.39. The van der Waals surface area contributed by atoms with E-state index < -0.39 is 6.04 Å². The lowest BCUT2D eigenvalue weighted by molar-refractivity contribution is -0.119. The SMILES string of the molecule is COc1cc(C)c(C[C@H](N)C(=O)N2CCCc3cc(OC)ccc32)c(Cl)c1. The molecular formula is C21H25ClN2O3. The summed E-state index contributed by atoms with van der Waals surface area (Å²) in [6.07, 6.45) is 2.21. The van der Waals surface area contributed by atoms with Crippen LogP contribution in [-0.2, 0) is 17.6 Å². The molecule has 1 atom stereocenters. The molecule has 2 aromatic rings. The molecule has 3 rings (SSSR count). The zero-order valence-electron chi connectivity index (χ0n) is 15.9. The fourth-order valence-electron chi connectivity index (χ4n) is 3.56. The van der Waals surface area contributed by atoms with Crippen molar-refractivity contribution in [2.24, 2.45) is 5.73 Å². The molecule has 144 valence electrons. The average molecular weight is 389 g/mol. The Morgan fingerprint density at radius 3 is 2.63 bits per heavy atom. The summed E-state index contributed by atoms with van der Waals surface area (Å²) >= 11 is 6.39. The molecule has 0 saturated carbocycles. The van der Waals surface area contributed by atoms with Gasteiger partial charge < -0.3 is 20.1 Å². The molecule has 5 nitrogen and oxygen atoms in total. The summed E-state index contributed by atoms with van der Waals surface area (Å²) in [6.45, 7) is 2.62. The third kappa shape index (κ3) is 4.04. The molecule has 1 heterocycles. The lowest BCUT2D eigenvalue weighted by Crippen LogP contribution is -2.47. The van der Waals surface area contributed by atoms with Crippen LogP contribution in [-0.4, -0.2) is 32.7 Å². The Kier molecular flexibility index (Phi) is 5.92. The normalized spacial score (nSPS) is 14.5. The zero-order valence-corrected chi connectivity index (χ0v) is 16.7. The molecule has 2 N–H and O–H groups in total. The minimum absolute atomic E-state index is 0.0904. The quantitative estimate of drug-likeness (QED) is 0.851. The number of halogens is 1. The Morgan fingerprint density at radius 1 is 1.22 bits per heavy atom. The molecule has 0 saturated heterocycles. The average Bonchev–Trinajstić information content (AvgIpc) is 2.68. The molecule has 0 spiro atoms. The molecule has 1 amide bonds. The summed E-state index contributed by atoms with van der Waals surface area (Å²) in [4.78, 5) is 14.9. The second kappa shape index (κ2) is 8.19. The van der Waals surface area contributed by atoms with Crippen molar-refractivity contribution in [3.63, 3.8) is 0 Å². The number of amides is 1. The van der Waals surface area contributed by atoms with E-state index in [0.717, 1.165) is 41.0 Å². The fourth-order valence-corrected chi connectivity index (χ4v) is 3.89. The van der Waals surface area contributed by atoms with E-state index in [2.05, 4.69) is 0 Å². The van der Waals surface area contributed by atoms with Gasteiger partial charge in [0.25, 0.3) is 0 Å². The standard InChI is InChI=1S/C21H25ClN2O3/c1-13-9-16(27-3)11-18(22)17(13)12-19(23)21(25)24-8-4-5-14-10-15(26-2)6-7-20(14)24/h6-7,9-11,19H,4-5,8,12,23H2,1-3H3/t19-/m0/s1. The highest BCUT2D eigenvalue weighted by atomic mass is 35.5. The van der Waals surface area contributed by atoms with Crippen LogP contribution in [0.4, 0.5) is 5.69 Å². The molecule has 6 heteroatoms. The van der Waals surface area contributed by atoms with Gasteiger partial charge in [-0.25, -0.2) is 0 Å². The van der Waals surface area contributed by atoms with Gasteiger partial charge in [-0.2, -0.15) is 0 Å². The largest absolute Gasteiger partial charge is 0.497 e. The minimum Gasteiger partial charge on any atom is -0.497 e. The second-order valence-electron chi connectivity index (χ2n) is 6.80. The Hall–Kier alpha value is -2.24. The zero-order chi connectivity index (χ0) is 19.6. The number of methoxy groups -OCH3 is 2. The van der Waals surface area contributed by atoms with Crippen molar-refractivity contribution in [1.29, 1.82) is 0 Å². The number of aryl methyl sites for hydroxylation is 2. The predicted octanol–water partition coefficient (Wildman–Crippen LogP) is 3.51. The highest BCUT2D eigenvalue weighted by Crippen LogP contribution is 2.32. The van der Waals surface area contributed by atoms with E-state index in [4.69, 9.17) is 26.8 Å². The lowest BCUT2D eigenvalue weighted by atomic mass is 9.97. The number of rotatable bonds is 5. The van der Waals surface area contributed by atoms with Crippen LogP contribution in [0.5, 0.6) is 11.5 Å². The van der Waals surface area contributed by atoms with Crippen LogP contribution in [0, 0.1) is 6.92 Å². The van der Waals surface area contributed by atoms with Crippen molar-refractivity contribution >= 4 is 23.2 Å². The molecule has 0 aliphatic carbocycles. The summed E-state index contributed by atoms with van der Waals surface area (Å²) in [5, 5.41) is 0.568. The smallest absolute Gasteiger partial charge is 0.244 e. The monoisotopic (exact) mass is 388 g/mol. The van der Waals surface area contributed by atoms with Crippen LogP contribution >= 0.6 is 11.6 Å². The maximum atomic E-state index is 13.1. The van der Waals surface area contributed by atoms with E-state index in [0.29, 0.717) is 23.7 Å². The van der Waals surface area contributed by atoms with Crippen LogP contribution in [0.3, 0.4) is 0 Å². The molecule has 0 bridgehead atoms. The van der Waals surface area contributed by atoms with Gasteiger partial charge in [-0.05, 0) is 73.2 Å². The Bertz CT molecular complexity index is 830. The second-order valence-corrected chi connectivity index (χ2v) is 7.21.